The molecule has 0 aromatic heterocycles. The molecule has 2 unspecified atom stereocenters. The van der Waals surface area contributed by atoms with Crippen LogP contribution in [0.2, 0.25) is 0 Å². The smallest absolute Gasteiger partial charge is 0.236 e. The molecule has 0 spiro atoms. The van der Waals surface area contributed by atoms with Gasteiger partial charge >= 0.3 is 0 Å². The highest BCUT2D eigenvalue weighted by Gasteiger charge is 2.35. The summed E-state index contributed by atoms with van der Waals surface area (Å²) < 4.78 is 0. The van der Waals surface area contributed by atoms with Gasteiger partial charge in [0, 0.05) is 32.2 Å². The van der Waals surface area contributed by atoms with E-state index in [0.29, 0.717) is 18.5 Å². The minimum atomic E-state index is 0.322. The maximum absolute atomic E-state index is 12.3. The molecule has 0 aromatic rings. The van der Waals surface area contributed by atoms with Gasteiger partial charge in [0.15, 0.2) is 0 Å². The normalized spacial score (nSPS) is 27.3. The zero-order valence-corrected chi connectivity index (χ0v) is 12.5. The Morgan fingerprint density at radius 2 is 2.00 bits per heavy atom. The summed E-state index contributed by atoms with van der Waals surface area (Å²) in [5.74, 6) is 1.09. The maximum Gasteiger partial charge on any atom is 0.236 e. The van der Waals surface area contributed by atoms with Gasteiger partial charge in [-0.15, -0.1) is 0 Å². The van der Waals surface area contributed by atoms with Crippen LogP contribution in [0.25, 0.3) is 0 Å². The molecule has 0 saturated carbocycles. The maximum atomic E-state index is 12.3. The van der Waals surface area contributed by atoms with Crippen molar-refractivity contribution in [3.05, 3.63) is 0 Å². The number of hydrogen-bond acceptors (Lipinski definition) is 3. The van der Waals surface area contributed by atoms with Crippen molar-refractivity contribution in [2.45, 2.75) is 45.6 Å². The first-order valence-corrected chi connectivity index (χ1v) is 7.98. The Kier molecular flexibility index (Phi) is 5.64. The lowest BCUT2D eigenvalue weighted by atomic mass is 9.94. The summed E-state index contributed by atoms with van der Waals surface area (Å²) in [6.07, 6.45) is 4.73. The van der Waals surface area contributed by atoms with Crippen LogP contribution in [0.3, 0.4) is 0 Å². The summed E-state index contributed by atoms with van der Waals surface area (Å²) in [6, 6.07) is 0.632. The molecule has 2 heterocycles. The second kappa shape index (κ2) is 7.25. The Morgan fingerprint density at radius 3 is 2.63 bits per heavy atom. The summed E-state index contributed by atoms with van der Waals surface area (Å²) in [7, 11) is 0. The number of carbonyl (C=O) groups is 1. The summed E-state index contributed by atoms with van der Waals surface area (Å²) in [6.45, 7) is 10.0. The average molecular weight is 267 g/mol. The molecule has 1 N–H and O–H groups in total. The topological polar surface area (TPSA) is 35.6 Å². The van der Waals surface area contributed by atoms with E-state index in [-0.39, 0.29) is 0 Å². The molecule has 19 heavy (non-hydrogen) atoms. The molecule has 0 radical (unpaired) electrons. The largest absolute Gasteiger partial charge is 0.342 e. The monoisotopic (exact) mass is 267 g/mol. The Labute approximate surface area is 117 Å². The number of fused-ring (bicyclic) bond motifs is 1. The van der Waals surface area contributed by atoms with Gasteiger partial charge in [-0.1, -0.05) is 13.8 Å². The fourth-order valence-corrected chi connectivity index (χ4v) is 3.46. The number of hydrogen-bond donors (Lipinski definition) is 1. The highest BCUT2D eigenvalue weighted by atomic mass is 16.2. The Hall–Kier alpha value is -0.610. The van der Waals surface area contributed by atoms with Crippen molar-refractivity contribution < 1.29 is 4.79 Å². The Morgan fingerprint density at radius 1 is 1.26 bits per heavy atom. The molecule has 2 aliphatic rings. The third-order valence-electron chi connectivity index (χ3n) is 4.37. The summed E-state index contributed by atoms with van der Waals surface area (Å²) in [5, 5.41) is 3.60. The van der Waals surface area contributed by atoms with Crippen molar-refractivity contribution in [2.24, 2.45) is 5.92 Å². The van der Waals surface area contributed by atoms with Crippen LogP contribution in [0.15, 0.2) is 0 Å². The van der Waals surface area contributed by atoms with Gasteiger partial charge in [-0.2, -0.15) is 0 Å². The van der Waals surface area contributed by atoms with E-state index in [1.54, 1.807) is 0 Å². The zero-order chi connectivity index (χ0) is 13.7. The van der Waals surface area contributed by atoms with E-state index < -0.39 is 0 Å². The van der Waals surface area contributed by atoms with Crippen LogP contribution in [0, 0.1) is 5.92 Å². The van der Waals surface area contributed by atoms with Crippen LogP contribution >= 0.6 is 0 Å². The number of amides is 1. The van der Waals surface area contributed by atoms with Crippen molar-refractivity contribution in [2.75, 3.05) is 39.3 Å². The van der Waals surface area contributed by atoms with Crippen LogP contribution in [-0.2, 0) is 4.79 Å². The first kappa shape index (κ1) is 14.8. The van der Waals surface area contributed by atoms with Crippen LogP contribution in [0.5, 0.6) is 0 Å². The van der Waals surface area contributed by atoms with Gasteiger partial charge in [-0.05, 0) is 38.1 Å². The first-order valence-electron chi connectivity index (χ1n) is 7.98. The van der Waals surface area contributed by atoms with E-state index in [9.17, 15) is 4.79 Å². The Bertz CT molecular complexity index is 275. The molecule has 2 atom stereocenters. The number of carbonyl (C=O) groups excluding carboxylic acids is 1. The molecular formula is C15H29N3O. The average Bonchev–Trinajstić information content (AvgIpc) is 2.80. The van der Waals surface area contributed by atoms with Crippen molar-refractivity contribution in [1.29, 1.82) is 0 Å². The highest BCUT2D eigenvalue weighted by Crippen LogP contribution is 2.24. The molecule has 0 bridgehead atoms. The molecule has 2 fully saturated rings. The van der Waals surface area contributed by atoms with Crippen molar-refractivity contribution in [1.82, 2.24) is 15.1 Å². The molecule has 4 nitrogen and oxygen atoms in total. The van der Waals surface area contributed by atoms with Gasteiger partial charge in [-0.25, -0.2) is 0 Å². The van der Waals surface area contributed by atoms with E-state index in [0.717, 1.165) is 51.5 Å². The SMILES string of the molecule is CCCN(CCC)C(=O)CN1CC2CCCNC2C1. The third-order valence-corrected chi connectivity index (χ3v) is 4.37. The second-order valence-corrected chi connectivity index (χ2v) is 6.04. The number of likely N-dealkylation sites (tertiary alicyclic amines) is 1. The summed E-state index contributed by atoms with van der Waals surface area (Å²) in [4.78, 5) is 16.7. The number of rotatable bonds is 6. The lowest BCUT2D eigenvalue weighted by Gasteiger charge is -2.25. The predicted molar refractivity (Wildman–Crippen MR) is 78.1 cm³/mol. The van der Waals surface area contributed by atoms with Gasteiger partial charge in [-0.3, -0.25) is 9.69 Å². The molecule has 4 heteroatoms. The van der Waals surface area contributed by atoms with Gasteiger partial charge in [0.2, 0.25) is 5.91 Å². The van der Waals surface area contributed by atoms with E-state index >= 15 is 0 Å². The molecule has 110 valence electrons. The molecular weight excluding hydrogens is 238 g/mol. The fraction of sp³-hybridized carbons (Fsp3) is 0.933. The summed E-state index contributed by atoms with van der Waals surface area (Å²) >= 11 is 0. The van der Waals surface area contributed by atoms with Crippen LogP contribution < -0.4 is 5.32 Å². The van der Waals surface area contributed by atoms with Crippen molar-refractivity contribution in [3.8, 4) is 0 Å². The first-order chi connectivity index (χ1) is 9.24. The molecule has 0 aliphatic carbocycles. The predicted octanol–water partition coefficient (Wildman–Crippen LogP) is 1.32. The number of nitrogens with zero attached hydrogens (tertiary/aromatic N) is 2. The third kappa shape index (κ3) is 3.93. The molecule has 2 rings (SSSR count). The second-order valence-electron chi connectivity index (χ2n) is 6.04. The van der Waals surface area contributed by atoms with E-state index in [1.165, 1.54) is 12.8 Å². The number of piperidine rings is 1. The fourth-order valence-electron chi connectivity index (χ4n) is 3.46. The van der Waals surface area contributed by atoms with E-state index in [2.05, 4.69) is 24.1 Å². The molecule has 0 aromatic carbocycles. The highest BCUT2D eigenvalue weighted by molar-refractivity contribution is 5.78. The van der Waals surface area contributed by atoms with Crippen molar-refractivity contribution >= 4 is 5.91 Å². The number of nitrogens with one attached hydrogen (secondary N) is 1. The molecule has 2 saturated heterocycles. The van der Waals surface area contributed by atoms with Gasteiger partial charge in [0.05, 0.1) is 6.54 Å². The Balaban J connectivity index is 1.81. The van der Waals surface area contributed by atoms with Crippen molar-refractivity contribution in [3.63, 3.8) is 0 Å². The van der Waals surface area contributed by atoms with E-state index in [1.807, 2.05) is 4.90 Å². The van der Waals surface area contributed by atoms with Crippen LogP contribution in [0.4, 0.5) is 0 Å². The van der Waals surface area contributed by atoms with Gasteiger partial charge in [0.1, 0.15) is 0 Å². The molecule has 1 amide bonds. The van der Waals surface area contributed by atoms with Crippen LogP contribution in [0.1, 0.15) is 39.5 Å². The van der Waals surface area contributed by atoms with Gasteiger partial charge < -0.3 is 10.2 Å². The standard InChI is InChI=1S/C15H29N3O/c1-3-8-18(9-4-2)15(19)12-17-10-13-6-5-7-16-14(13)11-17/h13-14,16H,3-12H2,1-2H3. The zero-order valence-electron chi connectivity index (χ0n) is 12.5. The summed E-state index contributed by atoms with van der Waals surface area (Å²) in [5.41, 5.74) is 0. The molecule has 2 aliphatic heterocycles. The van der Waals surface area contributed by atoms with Crippen LogP contribution in [-0.4, -0.2) is 61.0 Å². The van der Waals surface area contributed by atoms with Gasteiger partial charge in [0.25, 0.3) is 0 Å². The minimum Gasteiger partial charge on any atom is -0.342 e. The van der Waals surface area contributed by atoms with E-state index in [4.69, 9.17) is 0 Å². The quantitative estimate of drug-likeness (QED) is 0.788. The minimum absolute atomic E-state index is 0.322. The lowest BCUT2D eigenvalue weighted by Crippen LogP contribution is -2.42. The lowest BCUT2D eigenvalue weighted by molar-refractivity contribution is -0.132.